The lowest BCUT2D eigenvalue weighted by molar-refractivity contribution is 0.262. The quantitative estimate of drug-likeness (QED) is 0.385. The highest BCUT2D eigenvalue weighted by molar-refractivity contribution is 6.01. The van der Waals surface area contributed by atoms with Crippen LogP contribution in [-0.2, 0) is 13.6 Å². The molecule has 0 atom stereocenters. The van der Waals surface area contributed by atoms with Crippen LogP contribution < -0.4 is 15.4 Å². The fourth-order valence-electron chi connectivity index (χ4n) is 4.14. The number of fused-ring (bicyclic) bond motifs is 1. The summed E-state index contributed by atoms with van der Waals surface area (Å²) in [6.45, 7) is 4.70. The molecule has 0 saturated carbocycles. The summed E-state index contributed by atoms with van der Waals surface area (Å²) in [5, 5.41) is 6.88. The number of nitrogens with one attached hydrogen (secondary N) is 2. The highest BCUT2D eigenvalue weighted by Gasteiger charge is 2.16. The lowest BCUT2D eigenvalue weighted by atomic mass is 10.2. The largest absolute Gasteiger partial charge is 0.457 e. The van der Waals surface area contributed by atoms with Crippen LogP contribution in [0.15, 0.2) is 83.9 Å². The molecule has 0 radical (unpaired) electrons. The minimum atomic E-state index is -0.295. The Morgan fingerprint density at radius 3 is 2.38 bits per heavy atom. The number of amides is 2. The van der Waals surface area contributed by atoms with Crippen LogP contribution >= 0.6 is 0 Å². The number of benzene rings is 3. The summed E-state index contributed by atoms with van der Waals surface area (Å²) >= 11 is 0. The molecule has 0 fully saturated rings. The van der Waals surface area contributed by atoms with Gasteiger partial charge >= 0.3 is 6.03 Å². The van der Waals surface area contributed by atoms with Crippen molar-refractivity contribution in [2.75, 3.05) is 23.7 Å². The second-order valence-corrected chi connectivity index (χ2v) is 8.34. The normalized spacial score (nSPS) is 13.1. The molecule has 1 aliphatic rings. The number of aromatic nitrogens is 1. The predicted molar refractivity (Wildman–Crippen MR) is 137 cm³/mol. The van der Waals surface area contributed by atoms with Gasteiger partial charge in [-0.25, -0.2) is 4.79 Å². The summed E-state index contributed by atoms with van der Waals surface area (Å²) in [7, 11) is 2.07. The number of carbonyl (C=O) groups excluding carboxylic acids is 1. The Morgan fingerprint density at radius 1 is 0.941 bits per heavy atom. The molecule has 3 aromatic carbocycles. The summed E-state index contributed by atoms with van der Waals surface area (Å²) in [4.78, 5) is 19.3. The van der Waals surface area contributed by atoms with Crippen LogP contribution in [0.4, 0.5) is 16.2 Å². The summed E-state index contributed by atoms with van der Waals surface area (Å²) in [6, 6.07) is 24.7. The highest BCUT2D eigenvalue weighted by atomic mass is 16.5. The minimum absolute atomic E-state index is 0.295. The maximum Gasteiger partial charge on any atom is 0.323 e. The number of rotatable bonds is 6. The fraction of sp³-hybridized carbons (Fsp3) is 0.185. The number of hydrogen-bond acceptors (Lipinski definition) is 4. The van der Waals surface area contributed by atoms with E-state index in [4.69, 9.17) is 4.74 Å². The summed E-state index contributed by atoms with van der Waals surface area (Å²) in [5.41, 5.74) is 3.77. The topological polar surface area (TPSA) is 70.9 Å². The molecule has 172 valence electrons. The zero-order valence-electron chi connectivity index (χ0n) is 19.3. The van der Waals surface area contributed by atoms with Crippen LogP contribution in [0.25, 0.3) is 10.9 Å². The number of para-hydroxylation sites is 1. The second-order valence-electron chi connectivity index (χ2n) is 8.34. The van der Waals surface area contributed by atoms with Gasteiger partial charge in [-0.05, 0) is 67.6 Å². The van der Waals surface area contributed by atoms with Crippen LogP contribution in [-0.4, -0.2) is 34.4 Å². The first-order chi connectivity index (χ1) is 16.5. The van der Waals surface area contributed by atoms with Crippen molar-refractivity contribution in [2.45, 2.75) is 13.5 Å². The second kappa shape index (κ2) is 9.31. The molecule has 1 aliphatic heterocycles. The van der Waals surface area contributed by atoms with Crippen molar-refractivity contribution < 1.29 is 9.53 Å². The number of aliphatic imine (C=N–C) groups is 1. The Hall–Kier alpha value is -4.26. The number of anilines is 2. The van der Waals surface area contributed by atoms with Gasteiger partial charge < -0.3 is 24.8 Å². The summed E-state index contributed by atoms with van der Waals surface area (Å²) in [5.74, 6) is 2.56. The minimum Gasteiger partial charge on any atom is -0.457 e. The maximum atomic E-state index is 12.6. The molecular weight excluding hydrogens is 426 g/mol. The van der Waals surface area contributed by atoms with E-state index in [9.17, 15) is 4.79 Å². The van der Waals surface area contributed by atoms with Gasteiger partial charge in [0.25, 0.3) is 0 Å². The molecule has 2 N–H and O–H groups in total. The average molecular weight is 454 g/mol. The third kappa shape index (κ3) is 4.73. The molecule has 1 aromatic heterocycles. The SMILES string of the molecule is CC1=NCCN1Cc1cc2cc(NC(=O)Nc3ccc(Oc4ccccc4)cc3)ccc2n1C. The van der Waals surface area contributed by atoms with Gasteiger partial charge in [0.05, 0.1) is 18.9 Å². The molecule has 2 amide bonds. The first-order valence-corrected chi connectivity index (χ1v) is 11.3. The van der Waals surface area contributed by atoms with Gasteiger partial charge in [-0.1, -0.05) is 18.2 Å². The number of aryl methyl sites for hydroxylation is 1. The number of urea groups is 1. The van der Waals surface area contributed by atoms with Crippen LogP contribution in [0.3, 0.4) is 0 Å². The zero-order chi connectivity index (χ0) is 23.5. The van der Waals surface area contributed by atoms with Crippen LogP contribution in [0.2, 0.25) is 0 Å². The van der Waals surface area contributed by atoms with Crippen molar-refractivity contribution in [3.63, 3.8) is 0 Å². The van der Waals surface area contributed by atoms with Gasteiger partial charge in [0.1, 0.15) is 11.5 Å². The Balaban J connectivity index is 1.22. The Labute approximate surface area is 198 Å². The van der Waals surface area contributed by atoms with Crippen LogP contribution in [0, 0.1) is 0 Å². The maximum absolute atomic E-state index is 12.6. The number of nitrogens with zero attached hydrogens (tertiary/aromatic N) is 3. The molecule has 7 heteroatoms. The predicted octanol–water partition coefficient (Wildman–Crippen LogP) is 5.85. The van der Waals surface area contributed by atoms with Gasteiger partial charge in [0.2, 0.25) is 0 Å². The van der Waals surface area contributed by atoms with Gasteiger partial charge in [-0.3, -0.25) is 4.99 Å². The van der Waals surface area contributed by atoms with Crippen molar-refractivity contribution in [1.82, 2.24) is 9.47 Å². The molecule has 0 aliphatic carbocycles. The molecule has 0 spiro atoms. The number of carbonyl (C=O) groups is 1. The zero-order valence-corrected chi connectivity index (χ0v) is 19.3. The highest BCUT2D eigenvalue weighted by Crippen LogP contribution is 2.25. The van der Waals surface area contributed by atoms with Gasteiger partial charge in [-0.2, -0.15) is 0 Å². The fourth-order valence-corrected chi connectivity index (χ4v) is 4.14. The Morgan fingerprint density at radius 2 is 1.65 bits per heavy atom. The molecule has 2 heterocycles. The van der Waals surface area contributed by atoms with Gasteiger partial charge in [0, 0.05) is 41.6 Å². The molecule has 0 saturated heterocycles. The average Bonchev–Trinajstić information content (AvgIpc) is 3.38. The summed E-state index contributed by atoms with van der Waals surface area (Å²) in [6.07, 6.45) is 0. The van der Waals surface area contributed by atoms with E-state index in [0.717, 1.165) is 47.8 Å². The van der Waals surface area contributed by atoms with Crippen molar-refractivity contribution in [1.29, 1.82) is 0 Å². The molecule has 0 bridgehead atoms. The third-order valence-electron chi connectivity index (χ3n) is 6.01. The van der Waals surface area contributed by atoms with Crippen molar-refractivity contribution in [2.24, 2.45) is 12.0 Å². The molecule has 5 rings (SSSR count). The van der Waals surface area contributed by atoms with E-state index in [2.05, 4.69) is 45.1 Å². The number of hydrogen-bond donors (Lipinski definition) is 2. The lowest BCUT2D eigenvalue weighted by Crippen LogP contribution is -2.25. The molecular formula is C27H27N5O2. The number of ether oxygens (including phenoxy) is 1. The standard InChI is InChI=1S/C27H27N5O2/c1-19-28-14-15-32(19)18-23-17-20-16-22(10-13-26(20)31(23)2)30-27(33)29-21-8-11-25(12-9-21)34-24-6-4-3-5-7-24/h3-13,16-17H,14-15,18H2,1-2H3,(H2,29,30,33). The molecule has 7 nitrogen and oxygen atoms in total. The van der Waals surface area contributed by atoms with E-state index in [0.29, 0.717) is 11.4 Å². The summed E-state index contributed by atoms with van der Waals surface area (Å²) < 4.78 is 7.99. The van der Waals surface area contributed by atoms with Crippen molar-refractivity contribution >= 4 is 34.1 Å². The Bertz CT molecular complexity index is 1340. The number of amidine groups is 1. The van der Waals surface area contributed by atoms with Crippen LogP contribution in [0.5, 0.6) is 11.5 Å². The first kappa shape index (κ1) is 21.6. The smallest absolute Gasteiger partial charge is 0.323 e. The van der Waals surface area contributed by atoms with E-state index in [1.807, 2.05) is 72.8 Å². The van der Waals surface area contributed by atoms with Gasteiger partial charge in [0.15, 0.2) is 0 Å². The molecule has 0 unspecified atom stereocenters. The van der Waals surface area contributed by atoms with E-state index >= 15 is 0 Å². The van der Waals surface area contributed by atoms with Crippen LogP contribution in [0.1, 0.15) is 12.6 Å². The van der Waals surface area contributed by atoms with Gasteiger partial charge in [-0.15, -0.1) is 0 Å². The van der Waals surface area contributed by atoms with E-state index < -0.39 is 0 Å². The van der Waals surface area contributed by atoms with E-state index in [1.165, 1.54) is 5.69 Å². The first-order valence-electron chi connectivity index (χ1n) is 11.3. The molecule has 4 aromatic rings. The van der Waals surface area contributed by atoms with E-state index in [-0.39, 0.29) is 6.03 Å². The lowest BCUT2D eigenvalue weighted by Gasteiger charge is -2.18. The Kier molecular flexibility index (Phi) is 5.91. The van der Waals surface area contributed by atoms with E-state index in [1.54, 1.807) is 0 Å². The molecule has 34 heavy (non-hydrogen) atoms. The van der Waals surface area contributed by atoms with Crippen molar-refractivity contribution in [3.05, 3.63) is 84.6 Å². The van der Waals surface area contributed by atoms with Crippen molar-refractivity contribution in [3.8, 4) is 11.5 Å². The monoisotopic (exact) mass is 453 g/mol. The third-order valence-corrected chi connectivity index (χ3v) is 6.01.